The van der Waals surface area contributed by atoms with Crippen LogP contribution in [-0.2, 0) is 6.54 Å². The third-order valence-electron chi connectivity index (χ3n) is 4.00. The lowest BCUT2D eigenvalue weighted by Crippen LogP contribution is -2.32. The Morgan fingerprint density at radius 3 is 2.33 bits per heavy atom. The minimum absolute atomic E-state index is 0.128. The van der Waals surface area contributed by atoms with Crippen molar-refractivity contribution in [3.8, 4) is 0 Å². The Balaban J connectivity index is 1.59. The molecule has 98 valence electrons. The van der Waals surface area contributed by atoms with Crippen LogP contribution in [0.5, 0.6) is 0 Å². The van der Waals surface area contributed by atoms with Gasteiger partial charge in [0.25, 0.3) is 6.43 Å². The summed E-state index contributed by atoms with van der Waals surface area (Å²) in [7, 11) is 0. The highest BCUT2D eigenvalue weighted by Gasteiger charge is 2.40. The second-order valence-corrected chi connectivity index (χ2v) is 5.63. The van der Waals surface area contributed by atoms with Crippen molar-refractivity contribution in [1.29, 1.82) is 0 Å². The van der Waals surface area contributed by atoms with E-state index >= 15 is 0 Å². The molecule has 0 amide bonds. The molecule has 2 aliphatic rings. The molecule has 0 bridgehead atoms. The van der Waals surface area contributed by atoms with Crippen molar-refractivity contribution in [3.05, 3.63) is 35.4 Å². The van der Waals surface area contributed by atoms with Crippen LogP contribution in [0, 0.1) is 11.8 Å². The van der Waals surface area contributed by atoms with Crippen molar-refractivity contribution >= 4 is 0 Å². The Hall–Kier alpha value is -0.960. The zero-order valence-electron chi connectivity index (χ0n) is 10.4. The first-order chi connectivity index (χ1) is 8.74. The van der Waals surface area contributed by atoms with Crippen molar-refractivity contribution in [3.63, 3.8) is 0 Å². The van der Waals surface area contributed by atoms with Crippen LogP contribution in [0.4, 0.5) is 8.78 Å². The number of benzene rings is 1. The number of rotatable bonds is 6. The van der Waals surface area contributed by atoms with Crippen molar-refractivity contribution < 1.29 is 8.78 Å². The molecule has 1 nitrogen and oxygen atoms in total. The first-order valence-corrected chi connectivity index (χ1v) is 6.84. The lowest BCUT2D eigenvalue weighted by molar-refractivity contribution is 0.151. The second kappa shape index (κ2) is 4.96. The standard InChI is InChI=1S/C15H19F2N/c16-15(17)13-3-1-2-10(8-13)9-18-14(11-4-5-11)12-6-7-12/h1-3,8,11-12,14-15,18H,4-7,9H2. The molecule has 0 spiro atoms. The van der Waals surface area contributed by atoms with Crippen molar-refractivity contribution in [2.45, 2.75) is 44.7 Å². The quantitative estimate of drug-likeness (QED) is 0.808. The molecule has 0 saturated heterocycles. The fourth-order valence-corrected chi connectivity index (χ4v) is 2.70. The molecule has 1 aromatic carbocycles. The first kappa shape index (κ1) is 12.1. The molecule has 2 saturated carbocycles. The maximum atomic E-state index is 12.6. The monoisotopic (exact) mass is 251 g/mol. The van der Waals surface area contributed by atoms with Crippen LogP contribution < -0.4 is 5.32 Å². The van der Waals surface area contributed by atoms with Gasteiger partial charge in [0.1, 0.15) is 0 Å². The Labute approximate surface area is 107 Å². The van der Waals surface area contributed by atoms with E-state index in [0.29, 0.717) is 6.04 Å². The predicted octanol–water partition coefficient (Wildman–Crippen LogP) is 3.90. The van der Waals surface area contributed by atoms with Gasteiger partial charge in [-0.2, -0.15) is 0 Å². The number of alkyl halides is 2. The summed E-state index contributed by atoms with van der Waals surface area (Å²) in [5.41, 5.74) is 1.10. The van der Waals surface area contributed by atoms with Gasteiger partial charge in [-0.3, -0.25) is 0 Å². The van der Waals surface area contributed by atoms with Gasteiger partial charge < -0.3 is 5.32 Å². The van der Waals surface area contributed by atoms with E-state index in [1.54, 1.807) is 12.1 Å². The summed E-state index contributed by atoms with van der Waals surface area (Å²) in [5, 5.41) is 3.58. The zero-order chi connectivity index (χ0) is 12.5. The summed E-state index contributed by atoms with van der Waals surface area (Å²) in [5.74, 6) is 1.69. The van der Waals surface area contributed by atoms with Gasteiger partial charge in [-0.25, -0.2) is 8.78 Å². The minimum Gasteiger partial charge on any atom is -0.309 e. The minimum atomic E-state index is -2.37. The van der Waals surface area contributed by atoms with E-state index in [-0.39, 0.29) is 5.56 Å². The lowest BCUT2D eigenvalue weighted by Gasteiger charge is -2.17. The van der Waals surface area contributed by atoms with Gasteiger partial charge in [0.15, 0.2) is 0 Å². The smallest absolute Gasteiger partial charge is 0.263 e. The van der Waals surface area contributed by atoms with E-state index in [1.165, 1.54) is 31.7 Å². The highest BCUT2D eigenvalue weighted by Crippen LogP contribution is 2.44. The van der Waals surface area contributed by atoms with Crippen LogP contribution >= 0.6 is 0 Å². The summed E-state index contributed by atoms with van der Waals surface area (Å²) in [6.45, 7) is 0.720. The van der Waals surface area contributed by atoms with E-state index in [4.69, 9.17) is 0 Å². The predicted molar refractivity (Wildman–Crippen MR) is 67.5 cm³/mol. The molecule has 18 heavy (non-hydrogen) atoms. The normalized spacial score (nSPS) is 19.8. The SMILES string of the molecule is FC(F)c1cccc(CNC(C2CC2)C2CC2)c1. The maximum absolute atomic E-state index is 12.6. The number of halogens is 2. The van der Waals surface area contributed by atoms with Crippen LogP contribution in [0.3, 0.4) is 0 Å². The van der Waals surface area contributed by atoms with Crippen LogP contribution in [0.2, 0.25) is 0 Å². The lowest BCUT2D eigenvalue weighted by atomic mass is 10.1. The van der Waals surface area contributed by atoms with Gasteiger partial charge in [-0.1, -0.05) is 18.2 Å². The molecule has 3 rings (SSSR count). The van der Waals surface area contributed by atoms with E-state index in [2.05, 4.69) is 5.32 Å². The van der Waals surface area contributed by atoms with Gasteiger partial charge >= 0.3 is 0 Å². The molecular weight excluding hydrogens is 232 g/mol. The number of hydrogen-bond donors (Lipinski definition) is 1. The molecule has 2 fully saturated rings. The largest absolute Gasteiger partial charge is 0.309 e. The van der Waals surface area contributed by atoms with Gasteiger partial charge in [-0.15, -0.1) is 0 Å². The molecule has 2 aliphatic carbocycles. The molecule has 0 radical (unpaired) electrons. The average Bonchev–Trinajstić information content (AvgIpc) is 3.23. The van der Waals surface area contributed by atoms with Crippen LogP contribution in [0.1, 0.15) is 43.2 Å². The molecule has 1 N–H and O–H groups in total. The Morgan fingerprint density at radius 2 is 1.78 bits per heavy atom. The first-order valence-electron chi connectivity index (χ1n) is 6.84. The molecule has 0 aromatic heterocycles. The van der Waals surface area contributed by atoms with E-state index in [1.807, 2.05) is 6.07 Å². The number of nitrogens with one attached hydrogen (secondary N) is 1. The Morgan fingerprint density at radius 1 is 1.11 bits per heavy atom. The van der Waals surface area contributed by atoms with Crippen molar-refractivity contribution in [2.75, 3.05) is 0 Å². The van der Waals surface area contributed by atoms with E-state index in [9.17, 15) is 8.78 Å². The highest BCUT2D eigenvalue weighted by atomic mass is 19.3. The number of hydrogen-bond acceptors (Lipinski definition) is 1. The second-order valence-electron chi connectivity index (χ2n) is 5.63. The average molecular weight is 251 g/mol. The van der Waals surface area contributed by atoms with Gasteiger partial charge in [0.05, 0.1) is 0 Å². The third-order valence-corrected chi connectivity index (χ3v) is 4.00. The van der Waals surface area contributed by atoms with Gasteiger partial charge in [-0.05, 0) is 49.1 Å². The molecule has 1 aromatic rings. The third kappa shape index (κ3) is 2.89. The van der Waals surface area contributed by atoms with Crippen LogP contribution in [-0.4, -0.2) is 6.04 Å². The summed E-state index contributed by atoms with van der Waals surface area (Å²) >= 11 is 0. The molecular formula is C15H19F2N. The summed E-state index contributed by atoms with van der Waals surface area (Å²) in [4.78, 5) is 0. The van der Waals surface area contributed by atoms with E-state index < -0.39 is 6.43 Å². The van der Waals surface area contributed by atoms with Crippen LogP contribution in [0.25, 0.3) is 0 Å². The fraction of sp³-hybridized carbons (Fsp3) is 0.600. The highest BCUT2D eigenvalue weighted by molar-refractivity contribution is 5.24. The molecule has 0 heterocycles. The molecule has 0 aliphatic heterocycles. The Bertz CT molecular complexity index is 399. The maximum Gasteiger partial charge on any atom is 0.263 e. The molecule has 3 heteroatoms. The summed E-state index contributed by atoms with van der Waals surface area (Å²) in [6.07, 6.45) is 2.99. The summed E-state index contributed by atoms with van der Waals surface area (Å²) in [6, 6.07) is 7.39. The Kier molecular flexibility index (Phi) is 3.33. The van der Waals surface area contributed by atoms with Gasteiger partial charge in [0.2, 0.25) is 0 Å². The zero-order valence-corrected chi connectivity index (χ0v) is 10.4. The molecule has 0 unspecified atom stereocenters. The fourth-order valence-electron chi connectivity index (χ4n) is 2.70. The molecule has 0 atom stereocenters. The van der Waals surface area contributed by atoms with Crippen molar-refractivity contribution in [1.82, 2.24) is 5.32 Å². The summed E-state index contributed by atoms with van der Waals surface area (Å²) < 4.78 is 25.2. The van der Waals surface area contributed by atoms with E-state index in [0.717, 1.165) is 23.9 Å². The van der Waals surface area contributed by atoms with Gasteiger partial charge in [0, 0.05) is 18.2 Å². The topological polar surface area (TPSA) is 12.0 Å². The van der Waals surface area contributed by atoms with Crippen LogP contribution in [0.15, 0.2) is 24.3 Å². The van der Waals surface area contributed by atoms with Crippen molar-refractivity contribution in [2.24, 2.45) is 11.8 Å².